The molecule has 1 unspecified atom stereocenters. The Labute approximate surface area is 152 Å². The number of nitrogens with zero attached hydrogens (tertiary/aromatic N) is 1. The standard InChI is InChI=1S/C19H24N4O3/c1-12-5-3-6-15-14(10-20-18(12)15)9-13(2)22-16(24)7-4-8-23-17(25)11-21-19(23)26/h3,5-6,10,13,20H,4,7-9,11H2,1-2H3,(H,21,26)(H,22,24). The van der Waals surface area contributed by atoms with Gasteiger partial charge in [-0.15, -0.1) is 0 Å². The lowest BCUT2D eigenvalue weighted by Gasteiger charge is -2.15. The van der Waals surface area contributed by atoms with E-state index in [4.69, 9.17) is 0 Å². The van der Waals surface area contributed by atoms with Crippen LogP contribution >= 0.6 is 0 Å². The zero-order valence-electron chi connectivity index (χ0n) is 15.1. The van der Waals surface area contributed by atoms with Crippen LogP contribution in [0.5, 0.6) is 0 Å². The number of urea groups is 1. The number of carbonyl (C=O) groups is 3. The normalized spacial score (nSPS) is 15.4. The molecule has 1 aliphatic rings. The van der Waals surface area contributed by atoms with E-state index >= 15 is 0 Å². The number of para-hydroxylation sites is 1. The maximum atomic E-state index is 12.1. The van der Waals surface area contributed by atoms with Crippen LogP contribution in [0.1, 0.15) is 30.9 Å². The van der Waals surface area contributed by atoms with Gasteiger partial charge in [-0.1, -0.05) is 18.2 Å². The molecule has 1 aromatic carbocycles. The van der Waals surface area contributed by atoms with Gasteiger partial charge in [0.1, 0.15) is 0 Å². The zero-order chi connectivity index (χ0) is 18.7. The molecule has 7 heteroatoms. The predicted octanol–water partition coefficient (Wildman–Crippen LogP) is 1.86. The Hall–Kier alpha value is -2.83. The first-order valence-electron chi connectivity index (χ1n) is 8.89. The van der Waals surface area contributed by atoms with Crippen LogP contribution < -0.4 is 10.6 Å². The van der Waals surface area contributed by atoms with E-state index in [-0.39, 0.29) is 43.4 Å². The SMILES string of the molecule is Cc1cccc2c(CC(C)NC(=O)CCCN3C(=O)CNC3=O)c[nH]c12. The number of fused-ring (bicyclic) bond motifs is 1. The van der Waals surface area contributed by atoms with E-state index in [0.717, 1.165) is 16.8 Å². The number of aromatic nitrogens is 1. The lowest BCUT2D eigenvalue weighted by Crippen LogP contribution is -2.35. The third-order valence-corrected chi connectivity index (χ3v) is 4.67. The first kappa shape index (κ1) is 18.0. The van der Waals surface area contributed by atoms with E-state index in [1.807, 2.05) is 19.2 Å². The van der Waals surface area contributed by atoms with Crippen molar-refractivity contribution in [2.75, 3.05) is 13.1 Å². The number of amides is 4. The van der Waals surface area contributed by atoms with Crippen LogP contribution in [0.2, 0.25) is 0 Å². The van der Waals surface area contributed by atoms with Gasteiger partial charge in [0.25, 0.3) is 0 Å². The Balaban J connectivity index is 1.47. The van der Waals surface area contributed by atoms with Crippen molar-refractivity contribution < 1.29 is 14.4 Å². The van der Waals surface area contributed by atoms with Crippen molar-refractivity contribution in [3.8, 4) is 0 Å². The minimum Gasteiger partial charge on any atom is -0.361 e. The molecule has 3 rings (SSSR count). The largest absolute Gasteiger partial charge is 0.361 e. The molecular weight excluding hydrogens is 332 g/mol. The molecule has 1 aliphatic heterocycles. The fourth-order valence-electron chi connectivity index (χ4n) is 3.34. The fraction of sp³-hybridized carbons (Fsp3) is 0.421. The summed E-state index contributed by atoms with van der Waals surface area (Å²) in [4.78, 5) is 39.5. The number of imide groups is 1. The molecule has 4 amide bonds. The summed E-state index contributed by atoms with van der Waals surface area (Å²) in [6.07, 6.45) is 3.48. The van der Waals surface area contributed by atoms with Crippen molar-refractivity contribution in [1.82, 2.24) is 20.5 Å². The lowest BCUT2D eigenvalue weighted by atomic mass is 10.0. The highest BCUT2D eigenvalue weighted by molar-refractivity contribution is 6.01. The summed E-state index contributed by atoms with van der Waals surface area (Å²) in [6.45, 7) is 4.36. The maximum absolute atomic E-state index is 12.1. The van der Waals surface area contributed by atoms with Gasteiger partial charge in [-0.05, 0) is 37.8 Å². The number of rotatable bonds is 7. The molecule has 0 saturated carbocycles. The molecule has 0 spiro atoms. The second-order valence-electron chi connectivity index (χ2n) is 6.79. The summed E-state index contributed by atoms with van der Waals surface area (Å²) in [6, 6.07) is 5.81. The number of H-pyrrole nitrogens is 1. The van der Waals surface area contributed by atoms with Crippen molar-refractivity contribution in [3.05, 3.63) is 35.5 Å². The van der Waals surface area contributed by atoms with E-state index in [0.29, 0.717) is 6.42 Å². The highest BCUT2D eigenvalue weighted by atomic mass is 16.2. The van der Waals surface area contributed by atoms with Gasteiger partial charge >= 0.3 is 6.03 Å². The Morgan fingerprint density at radius 3 is 2.88 bits per heavy atom. The monoisotopic (exact) mass is 356 g/mol. The van der Waals surface area contributed by atoms with Gasteiger partial charge in [0.15, 0.2) is 0 Å². The molecule has 3 N–H and O–H groups in total. The fourth-order valence-corrected chi connectivity index (χ4v) is 3.34. The first-order chi connectivity index (χ1) is 12.5. The minimum absolute atomic E-state index is 0.00118. The number of hydrogen-bond donors (Lipinski definition) is 3. The summed E-state index contributed by atoms with van der Waals surface area (Å²) in [5.41, 5.74) is 3.51. The molecule has 1 fully saturated rings. The molecule has 1 aromatic heterocycles. The number of nitrogens with one attached hydrogen (secondary N) is 3. The number of aryl methyl sites for hydroxylation is 1. The van der Waals surface area contributed by atoms with Crippen molar-refractivity contribution >= 4 is 28.7 Å². The van der Waals surface area contributed by atoms with Crippen LogP contribution in [0.3, 0.4) is 0 Å². The topological polar surface area (TPSA) is 94.3 Å². The highest BCUT2D eigenvalue weighted by Crippen LogP contribution is 2.22. The molecule has 26 heavy (non-hydrogen) atoms. The van der Waals surface area contributed by atoms with E-state index in [9.17, 15) is 14.4 Å². The van der Waals surface area contributed by atoms with Crippen LogP contribution in [0.15, 0.2) is 24.4 Å². The number of carbonyl (C=O) groups excluding carboxylic acids is 3. The summed E-state index contributed by atoms with van der Waals surface area (Å²) in [5, 5.41) is 6.64. The molecule has 0 radical (unpaired) electrons. The highest BCUT2D eigenvalue weighted by Gasteiger charge is 2.27. The Kier molecular flexibility index (Phi) is 5.25. The van der Waals surface area contributed by atoms with Crippen molar-refractivity contribution in [2.45, 2.75) is 39.2 Å². The average molecular weight is 356 g/mol. The van der Waals surface area contributed by atoms with Crippen molar-refractivity contribution in [1.29, 1.82) is 0 Å². The van der Waals surface area contributed by atoms with Crippen molar-refractivity contribution in [3.63, 3.8) is 0 Å². The molecule has 0 bridgehead atoms. The molecule has 1 atom stereocenters. The second-order valence-corrected chi connectivity index (χ2v) is 6.79. The quantitative estimate of drug-likeness (QED) is 0.661. The van der Waals surface area contributed by atoms with Gasteiger partial charge in [0, 0.05) is 36.1 Å². The molecule has 0 aliphatic carbocycles. The van der Waals surface area contributed by atoms with Gasteiger partial charge < -0.3 is 15.6 Å². The third kappa shape index (κ3) is 3.87. The van der Waals surface area contributed by atoms with E-state index in [1.165, 1.54) is 16.5 Å². The van der Waals surface area contributed by atoms with Crippen LogP contribution in [0, 0.1) is 6.92 Å². The lowest BCUT2D eigenvalue weighted by molar-refractivity contribution is -0.126. The van der Waals surface area contributed by atoms with Gasteiger partial charge in [0.05, 0.1) is 6.54 Å². The van der Waals surface area contributed by atoms with Crippen LogP contribution in [0.4, 0.5) is 4.79 Å². The van der Waals surface area contributed by atoms with Crippen LogP contribution in [0.25, 0.3) is 10.9 Å². The number of hydrogen-bond acceptors (Lipinski definition) is 3. The van der Waals surface area contributed by atoms with Gasteiger partial charge in [-0.2, -0.15) is 0 Å². The molecule has 1 saturated heterocycles. The van der Waals surface area contributed by atoms with Crippen molar-refractivity contribution in [2.24, 2.45) is 0 Å². The molecule has 2 heterocycles. The van der Waals surface area contributed by atoms with Crippen LogP contribution in [-0.2, 0) is 16.0 Å². The number of benzene rings is 1. The second kappa shape index (κ2) is 7.59. The van der Waals surface area contributed by atoms with E-state index in [1.54, 1.807) is 0 Å². The maximum Gasteiger partial charge on any atom is 0.324 e. The molecule has 7 nitrogen and oxygen atoms in total. The molecule has 138 valence electrons. The van der Waals surface area contributed by atoms with E-state index < -0.39 is 0 Å². The zero-order valence-corrected chi connectivity index (χ0v) is 15.1. The predicted molar refractivity (Wildman–Crippen MR) is 98.7 cm³/mol. The summed E-state index contributed by atoms with van der Waals surface area (Å²) < 4.78 is 0. The van der Waals surface area contributed by atoms with E-state index in [2.05, 4.69) is 34.7 Å². The Bertz CT molecular complexity index is 826. The molecule has 2 aromatic rings. The van der Waals surface area contributed by atoms with Gasteiger partial charge in [-0.25, -0.2) is 4.79 Å². The van der Waals surface area contributed by atoms with Gasteiger partial charge in [0.2, 0.25) is 11.8 Å². The average Bonchev–Trinajstić information content (AvgIpc) is 3.14. The third-order valence-electron chi connectivity index (χ3n) is 4.67. The van der Waals surface area contributed by atoms with Gasteiger partial charge in [-0.3, -0.25) is 14.5 Å². The number of aromatic amines is 1. The Morgan fingerprint density at radius 2 is 2.15 bits per heavy atom. The first-order valence-corrected chi connectivity index (χ1v) is 8.89. The van der Waals surface area contributed by atoms with Crippen LogP contribution in [-0.4, -0.2) is 46.9 Å². The smallest absolute Gasteiger partial charge is 0.324 e. The minimum atomic E-state index is -0.376. The summed E-state index contributed by atoms with van der Waals surface area (Å²) >= 11 is 0. The summed E-state index contributed by atoms with van der Waals surface area (Å²) in [5.74, 6) is -0.306. The molecular formula is C19H24N4O3. The Morgan fingerprint density at radius 1 is 1.35 bits per heavy atom. The summed E-state index contributed by atoms with van der Waals surface area (Å²) in [7, 11) is 0.